The number of halogens is 1. The maximum Gasteiger partial charge on any atom is 0.412 e. The third-order valence-electron chi connectivity index (χ3n) is 5.31. The van der Waals surface area contributed by atoms with E-state index in [-0.39, 0.29) is 31.3 Å². The number of phenols is 1. The Morgan fingerprint density at radius 3 is 2.62 bits per heavy atom. The molecule has 2 atom stereocenters. The van der Waals surface area contributed by atoms with Crippen LogP contribution in [0, 0.1) is 3.57 Å². The second kappa shape index (κ2) is 12.8. The molecule has 3 aromatic rings. The van der Waals surface area contributed by atoms with Crippen molar-refractivity contribution in [1.29, 1.82) is 0 Å². The third kappa shape index (κ3) is 7.35. The minimum atomic E-state index is -1.06. The number of aromatic hydroxyl groups is 1. The van der Waals surface area contributed by atoms with Gasteiger partial charge in [0, 0.05) is 27.3 Å². The van der Waals surface area contributed by atoms with E-state index in [0.717, 1.165) is 3.57 Å². The van der Waals surface area contributed by atoms with Crippen LogP contribution >= 0.6 is 35.2 Å². The summed E-state index contributed by atoms with van der Waals surface area (Å²) in [6.07, 6.45) is -2.49. The first-order chi connectivity index (χ1) is 17.9. The van der Waals surface area contributed by atoms with Gasteiger partial charge in [-0.2, -0.15) is 12.6 Å². The lowest BCUT2D eigenvalue weighted by atomic mass is 10.0. The third-order valence-corrected chi connectivity index (χ3v) is 6.24. The van der Waals surface area contributed by atoms with Crippen molar-refractivity contribution in [2.75, 3.05) is 24.5 Å². The van der Waals surface area contributed by atoms with Gasteiger partial charge in [-0.25, -0.2) is 4.79 Å². The Labute approximate surface area is 232 Å². The van der Waals surface area contributed by atoms with E-state index in [4.69, 9.17) is 23.7 Å². The lowest BCUT2D eigenvalue weighted by molar-refractivity contribution is -0.141. The van der Waals surface area contributed by atoms with Gasteiger partial charge in [0.2, 0.25) is 6.79 Å². The number of nitrogens with one attached hydrogen (secondary N) is 1. The molecule has 1 aliphatic rings. The fourth-order valence-electron chi connectivity index (χ4n) is 3.61. The van der Waals surface area contributed by atoms with E-state index in [9.17, 15) is 14.7 Å². The number of fused-ring (bicyclic) bond motifs is 1. The first kappa shape index (κ1) is 26.7. The Morgan fingerprint density at radius 2 is 1.84 bits per heavy atom. The highest BCUT2D eigenvalue weighted by molar-refractivity contribution is 14.1. The highest BCUT2D eigenvalue weighted by Gasteiger charge is 2.32. The molecule has 0 saturated carbocycles. The summed E-state index contributed by atoms with van der Waals surface area (Å²) in [5.41, 5.74) is 0.775. The van der Waals surface area contributed by atoms with Gasteiger partial charge in [-0.15, -0.1) is 0 Å². The molecule has 0 bridgehead atoms. The van der Waals surface area contributed by atoms with E-state index >= 15 is 0 Å². The molecular weight excluding hydrogens is 613 g/mol. The van der Waals surface area contributed by atoms with Gasteiger partial charge < -0.3 is 28.8 Å². The number of para-hydroxylation sites is 1. The number of hydrogen-bond donors (Lipinski definition) is 3. The summed E-state index contributed by atoms with van der Waals surface area (Å²) < 4.78 is 28.7. The van der Waals surface area contributed by atoms with Gasteiger partial charge in [0.05, 0.1) is 12.4 Å². The summed E-state index contributed by atoms with van der Waals surface area (Å²) in [4.78, 5) is 24.7. The van der Waals surface area contributed by atoms with Gasteiger partial charge in [0.15, 0.2) is 17.6 Å². The van der Waals surface area contributed by atoms with Gasteiger partial charge in [-0.3, -0.25) is 10.1 Å². The van der Waals surface area contributed by atoms with E-state index in [1.54, 1.807) is 54.6 Å². The molecule has 1 heterocycles. The highest BCUT2D eigenvalue weighted by Crippen LogP contribution is 2.36. The molecule has 0 saturated heterocycles. The largest absolute Gasteiger partial charge is 0.508 e. The number of phenolic OH excluding ortho intramolecular Hbond substituents is 1. The van der Waals surface area contributed by atoms with Crippen LogP contribution in [0.2, 0.25) is 0 Å². The van der Waals surface area contributed by atoms with E-state index in [0.29, 0.717) is 28.5 Å². The number of thiol groups is 1. The number of anilines is 1. The molecule has 0 unspecified atom stereocenters. The van der Waals surface area contributed by atoms with Crippen LogP contribution in [0.1, 0.15) is 18.1 Å². The van der Waals surface area contributed by atoms with Gasteiger partial charge in [0.25, 0.3) is 0 Å². The number of carbonyl (C=O) groups excluding carboxylic acids is 2. The molecular formula is C26H24INO8S. The summed E-state index contributed by atoms with van der Waals surface area (Å²) >= 11 is 6.03. The molecule has 3 aromatic carbocycles. The van der Waals surface area contributed by atoms with Crippen molar-refractivity contribution in [3.63, 3.8) is 0 Å². The van der Waals surface area contributed by atoms with E-state index in [1.807, 2.05) is 6.07 Å². The molecule has 0 spiro atoms. The minimum Gasteiger partial charge on any atom is -0.508 e. The lowest BCUT2D eigenvalue weighted by Gasteiger charge is -2.29. The second-order valence-electron chi connectivity index (χ2n) is 7.86. The van der Waals surface area contributed by atoms with Crippen molar-refractivity contribution in [2.45, 2.75) is 18.6 Å². The van der Waals surface area contributed by atoms with Gasteiger partial charge >= 0.3 is 12.1 Å². The summed E-state index contributed by atoms with van der Waals surface area (Å²) in [5, 5.41) is 13.4. The Balaban J connectivity index is 1.60. The van der Waals surface area contributed by atoms with Crippen LogP contribution in [0.5, 0.6) is 23.0 Å². The van der Waals surface area contributed by atoms with Gasteiger partial charge in [-0.1, -0.05) is 18.2 Å². The predicted molar refractivity (Wildman–Crippen MR) is 147 cm³/mol. The highest BCUT2D eigenvalue weighted by atomic mass is 127. The zero-order valence-electron chi connectivity index (χ0n) is 19.5. The average Bonchev–Trinajstić information content (AvgIpc) is 3.37. The van der Waals surface area contributed by atoms with Crippen molar-refractivity contribution >= 4 is 53.0 Å². The average molecular weight is 637 g/mol. The van der Waals surface area contributed by atoms with Gasteiger partial charge in [-0.05, 0) is 65.1 Å². The lowest BCUT2D eigenvalue weighted by Crippen LogP contribution is -2.32. The van der Waals surface area contributed by atoms with E-state index < -0.39 is 24.3 Å². The normalized spacial score (nSPS) is 13.4. The molecule has 1 aliphatic heterocycles. The SMILES string of the molecule is O=C(CS)OCC[C@H](Oc1ccccc1)[C@@H](OC(=O)Nc1ccc2c(c1)OCO2)c1cc(I)ccc1O. The Morgan fingerprint density at radius 1 is 1.05 bits per heavy atom. The van der Waals surface area contributed by atoms with E-state index in [1.165, 1.54) is 6.07 Å². The Hall–Kier alpha value is -3.32. The van der Waals surface area contributed by atoms with Crippen molar-refractivity contribution in [3.05, 3.63) is 75.9 Å². The fraction of sp³-hybridized carbons (Fsp3) is 0.231. The maximum absolute atomic E-state index is 13.0. The van der Waals surface area contributed by atoms with E-state index in [2.05, 4.69) is 40.5 Å². The Kier molecular flexibility index (Phi) is 9.23. The standard InChI is InChI=1S/C26H24INO8S/c27-16-6-8-20(29)19(12-16)25(36-26(31)28-17-7-9-21-23(13-17)34-15-33-21)22(10-11-32-24(30)14-37)35-18-4-2-1-3-5-18/h1-9,12-13,22,25,29,37H,10-11,14-15H2,(H,28,31)/t22-,25-/m0/s1. The number of benzene rings is 3. The van der Waals surface area contributed by atoms with Crippen molar-refractivity contribution in [2.24, 2.45) is 0 Å². The van der Waals surface area contributed by atoms with Crippen LogP contribution < -0.4 is 19.5 Å². The van der Waals surface area contributed by atoms with Crippen LogP contribution in [-0.2, 0) is 14.3 Å². The molecule has 9 nitrogen and oxygen atoms in total. The molecule has 4 rings (SSSR count). The van der Waals surface area contributed by atoms with Crippen LogP contribution in [0.25, 0.3) is 0 Å². The predicted octanol–water partition coefficient (Wildman–Crippen LogP) is 5.33. The summed E-state index contributed by atoms with van der Waals surface area (Å²) in [6.45, 7) is 0.0960. The maximum atomic E-state index is 13.0. The fourth-order valence-corrected chi connectivity index (χ4v) is 4.22. The monoisotopic (exact) mass is 637 g/mol. The quantitative estimate of drug-likeness (QED) is 0.156. The molecule has 194 valence electrons. The van der Waals surface area contributed by atoms with Crippen molar-refractivity contribution in [1.82, 2.24) is 0 Å². The Bertz CT molecular complexity index is 1240. The second-order valence-corrected chi connectivity index (χ2v) is 9.42. The first-order valence-corrected chi connectivity index (χ1v) is 13.0. The number of amides is 1. The first-order valence-electron chi connectivity index (χ1n) is 11.3. The van der Waals surface area contributed by atoms with Gasteiger partial charge in [0.1, 0.15) is 17.6 Å². The van der Waals surface area contributed by atoms with Crippen molar-refractivity contribution in [3.8, 4) is 23.0 Å². The minimum absolute atomic E-state index is 0.00871. The molecule has 0 aromatic heterocycles. The molecule has 37 heavy (non-hydrogen) atoms. The smallest absolute Gasteiger partial charge is 0.412 e. The summed E-state index contributed by atoms with van der Waals surface area (Å²) in [5.74, 6) is 0.962. The molecule has 0 fully saturated rings. The van der Waals surface area contributed by atoms with Crippen LogP contribution in [0.15, 0.2) is 66.7 Å². The zero-order valence-corrected chi connectivity index (χ0v) is 22.5. The molecule has 0 radical (unpaired) electrons. The van der Waals surface area contributed by atoms with Crippen LogP contribution in [0.4, 0.5) is 10.5 Å². The zero-order chi connectivity index (χ0) is 26.2. The number of ether oxygens (including phenoxy) is 5. The molecule has 0 aliphatic carbocycles. The van der Waals surface area contributed by atoms with Crippen LogP contribution in [0.3, 0.4) is 0 Å². The molecule has 2 N–H and O–H groups in total. The van der Waals surface area contributed by atoms with Crippen LogP contribution in [-0.4, -0.2) is 42.4 Å². The van der Waals surface area contributed by atoms with Crippen molar-refractivity contribution < 1.29 is 38.4 Å². The number of hydrogen-bond acceptors (Lipinski definition) is 9. The number of rotatable bonds is 10. The summed E-state index contributed by atoms with van der Waals surface area (Å²) in [6, 6.07) is 18.9. The number of carbonyl (C=O) groups is 2. The topological polar surface area (TPSA) is 113 Å². The summed E-state index contributed by atoms with van der Waals surface area (Å²) in [7, 11) is 0. The number of esters is 1. The molecule has 11 heteroatoms. The molecule has 1 amide bonds.